The highest BCUT2D eigenvalue weighted by Gasteiger charge is 2.09. The molecule has 0 fully saturated rings. The van der Waals surface area contributed by atoms with E-state index < -0.39 is 0 Å². The molecule has 0 aliphatic carbocycles. The Kier molecular flexibility index (Phi) is 3.82. The van der Waals surface area contributed by atoms with Gasteiger partial charge in [-0.1, -0.05) is 29.8 Å². The van der Waals surface area contributed by atoms with Gasteiger partial charge in [0.05, 0.1) is 11.3 Å². The Balaban J connectivity index is 2.25. The van der Waals surface area contributed by atoms with E-state index in [4.69, 9.17) is 5.26 Å². The molecule has 0 heterocycles. The van der Waals surface area contributed by atoms with Crippen molar-refractivity contribution in [3.05, 3.63) is 65.0 Å². The van der Waals surface area contributed by atoms with Crippen molar-refractivity contribution in [1.82, 2.24) is 0 Å². The summed E-state index contributed by atoms with van der Waals surface area (Å²) in [4.78, 5) is 1.95. The monoisotopic (exact) mass is 254 g/mol. The van der Waals surface area contributed by atoms with Crippen molar-refractivity contribution in [2.45, 2.75) is 13.5 Å². The van der Waals surface area contributed by atoms with Gasteiger partial charge < -0.3 is 4.90 Å². The molecule has 0 saturated heterocycles. The predicted octanol–water partition coefficient (Wildman–Crippen LogP) is 3.64. The Morgan fingerprint density at radius 3 is 2.68 bits per heavy atom. The first kappa shape index (κ1) is 13.1. The van der Waals surface area contributed by atoms with E-state index in [1.54, 1.807) is 6.07 Å². The van der Waals surface area contributed by atoms with Crippen LogP contribution in [0.3, 0.4) is 0 Å². The zero-order valence-electron chi connectivity index (χ0n) is 11.0. The summed E-state index contributed by atoms with van der Waals surface area (Å²) >= 11 is 0. The zero-order valence-corrected chi connectivity index (χ0v) is 11.0. The number of aryl methyl sites for hydroxylation is 1. The molecule has 0 amide bonds. The number of benzene rings is 2. The summed E-state index contributed by atoms with van der Waals surface area (Å²) in [6.07, 6.45) is 0. The Labute approximate surface area is 112 Å². The van der Waals surface area contributed by atoms with Crippen LogP contribution in [0.25, 0.3) is 0 Å². The number of anilines is 1. The fraction of sp³-hybridized carbons (Fsp3) is 0.188. The third-order valence-corrected chi connectivity index (χ3v) is 2.99. The van der Waals surface area contributed by atoms with Crippen LogP contribution in [-0.2, 0) is 6.54 Å². The summed E-state index contributed by atoms with van der Waals surface area (Å²) in [7, 11) is 1.90. The number of rotatable bonds is 3. The molecule has 3 heteroatoms. The van der Waals surface area contributed by atoms with E-state index in [0.717, 1.165) is 11.3 Å². The second kappa shape index (κ2) is 5.53. The Morgan fingerprint density at radius 2 is 2.00 bits per heavy atom. The lowest BCUT2D eigenvalue weighted by Crippen LogP contribution is -2.17. The number of halogens is 1. The van der Waals surface area contributed by atoms with Gasteiger partial charge in [0.25, 0.3) is 0 Å². The maximum absolute atomic E-state index is 13.1. The zero-order chi connectivity index (χ0) is 13.8. The summed E-state index contributed by atoms with van der Waals surface area (Å²) in [5.41, 5.74) is 3.46. The van der Waals surface area contributed by atoms with Gasteiger partial charge in [-0.25, -0.2) is 4.39 Å². The third-order valence-electron chi connectivity index (χ3n) is 2.99. The van der Waals surface area contributed by atoms with E-state index in [2.05, 4.69) is 6.07 Å². The van der Waals surface area contributed by atoms with Gasteiger partial charge >= 0.3 is 0 Å². The normalized spacial score (nSPS) is 10.0. The highest BCUT2D eigenvalue weighted by molar-refractivity contribution is 5.59. The van der Waals surface area contributed by atoms with Crippen LogP contribution in [0.15, 0.2) is 42.5 Å². The molecule has 2 nitrogen and oxygen atoms in total. The molecule has 0 bridgehead atoms. The van der Waals surface area contributed by atoms with E-state index >= 15 is 0 Å². The van der Waals surface area contributed by atoms with Gasteiger partial charge in [0, 0.05) is 13.6 Å². The minimum absolute atomic E-state index is 0.357. The van der Waals surface area contributed by atoms with E-state index in [-0.39, 0.29) is 5.82 Å². The molecule has 0 aliphatic heterocycles. The molecule has 0 atom stereocenters. The molecule has 96 valence electrons. The van der Waals surface area contributed by atoms with Gasteiger partial charge in [-0.15, -0.1) is 0 Å². The van der Waals surface area contributed by atoms with Crippen LogP contribution in [-0.4, -0.2) is 7.05 Å². The van der Waals surface area contributed by atoms with Crippen molar-refractivity contribution in [3.8, 4) is 6.07 Å². The molecule has 2 aromatic rings. The van der Waals surface area contributed by atoms with Crippen molar-refractivity contribution in [1.29, 1.82) is 5.26 Å². The largest absolute Gasteiger partial charge is 0.369 e. The van der Waals surface area contributed by atoms with Crippen LogP contribution in [0.5, 0.6) is 0 Å². The fourth-order valence-corrected chi connectivity index (χ4v) is 2.10. The fourth-order valence-electron chi connectivity index (χ4n) is 2.10. The van der Waals surface area contributed by atoms with Crippen molar-refractivity contribution in [2.24, 2.45) is 0 Å². The molecule has 2 rings (SSSR count). The van der Waals surface area contributed by atoms with Crippen molar-refractivity contribution in [2.75, 3.05) is 11.9 Å². The number of hydrogen-bond acceptors (Lipinski definition) is 2. The van der Waals surface area contributed by atoms with Crippen LogP contribution >= 0.6 is 0 Å². The smallest absolute Gasteiger partial charge is 0.124 e. The topological polar surface area (TPSA) is 27.0 Å². The van der Waals surface area contributed by atoms with E-state index in [0.29, 0.717) is 12.1 Å². The van der Waals surface area contributed by atoms with Gasteiger partial charge in [-0.05, 0) is 30.7 Å². The van der Waals surface area contributed by atoms with Gasteiger partial charge in [0.1, 0.15) is 11.9 Å². The maximum Gasteiger partial charge on any atom is 0.124 e. The Hall–Kier alpha value is -2.34. The minimum atomic E-state index is -0.385. The first-order valence-corrected chi connectivity index (χ1v) is 6.06. The average molecular weight is 254 g/mol. The predicted molar refractivity (Wildman–Crippen MR) is 74.4 cm³/mol. The minimum Gasteiger partial charge on any atom is -0.369 e. The quantitative estimate of drug-likeness (QED) is 0.836. The van der Waals surface area contributed by atoms with E-state index in [1.807, 2.05) is 43.1 Å². The lowest BCUT2D eigenvalue weighted by molar-refractivity contribution is 0.627. The molecule has 0 unspecified atom stereocenters. The highest BCUT2D eigenvalue weighted by atomic mass is 19.1. The molecule has 0 spiro atoms. The molecule has 0 saturated carbocycles. The summed E-state index contributed by atoms with van der Waals surface area (Å²) in [6.45, 7) is 2.73. The number of hydrogen-bond donors (Lipinski definition) is 0. The van der Waals surface area contributed by atoms with Crippen molar-refractivity contribution in [3.63, 3.8) is 0 Å². The molecular weight excluding hydrogens is 239 g/mol. The Morgan fingerprint density at radius 1 is 1.21 bits per heavy atom. The molecule has 19 heavy (non-hydrogen) atoms. The first-order valence-electron chi connectivity index (χ1n) is 6.06. The summed E-state index contributed by atoms with van der Waals surface area (Å²) in [5.74, 6) is -0.385. The lowest BCUT2D eigenvalue weighted by Gasteiger charge is -2.20. The molecule has 0 aromatic heterocycles. The summed E-state index contributed by atoms with van der Waals surface area (Å²) < 4.78 is 13.1. The second-order valence-electron chi connectivity index (χ2n) is 4.62. The van der Waals surface area contributed by atoms with Gasteiger partial charge in [0.15, 0.2) is 0 Å². The SMILES string of the molecule is Cc1cccc(CN(C)c2ccc(F)cc2C#N)c1. The van der Waals surface area contributed by atoms with Crippen LogP contribution in [0, 0.1) is 24.1 Å². The molecule has 0 N–H and O–H groups in total. The van der Waals surface area contributed by atoms with Crippen LogP contribution in [0.1, 0.15) is 16.7 Å². The van der Waals surface area contributed by atoms with E-state index in [1.165, 1.54) is 17.7 Å². The van der Waals surface area contributed by atoms with Gasteiger partial charge in [-0.3, -0.25) is 0 Å². The second-order valence-corrected chi connectivity index (χ2v) is 4.62. The van der Waals surface area contributed by atoms with Gasteiger partial charge in [-0.2, -0.15) is 5.26 Å². The van der Waals surface area contributed by atoms with Crippen molar-refractivity contribution >= 4 is 5.69 Å². The van der Waals surface area contributed by atoms with E-state index in [9.17, 15) is 4.39 Å². The lowest BCUT2D eigenvalue weighted by atomic mass is 10.1. The molecule has 2 aromatic carbocycles. The highest BCUT2D eigenvalue weighted by Crippen LogP contribution is 2.21. The Bertz CT molecular complexity index is 629. The van der Waals surface area contributed by atoms with Crippen LogP contribution < -0.4 is 4.90 Å². The standard InChI is InChI=1S/C16H15FN2/c1-12-4-3-5-13(8-12)11-19(2)16-7-6-15(17)9-14(16)10-18/h3-9H,11H2,1-2H3. The summed E-state index contributed by atoms with van der Waals surface area (Å²) in [6, 6.07) is 14.5. The van der Waals surface area contributed by atoms with Gasteiger partial charge in [0.2, 0.25) is 0 Å². The number of nitriles is 1. The van der Waals surface area contributed by atoms with Crippen LogP contribution in [0.4, 0.5) is 10.1 Å². The van der Waals surface area contributed by atoms with Crippen molar-refractivity contribution < 1.29 is 4.39 Å². The van der Waals surface area contributed by atoms with Crippen LogP contribution in [0.2, 0.25) is 0 Å². The average Bonchev–Trinajstić information content (AvgIpc) is 2.38. The molecular formula is C16H15FN2. The third kappa shape index (κ3) is 3.11. The first-order chi connectivity index (χ1) is 9.10. The number of nitrogens with zero attached hydrogens (tertiary/aromatic N) is 2. The maximum atomic E-state index is 13.1. The molecule has 0 aliphatic rings. The molecule has 0 radical (unpaired) electrons. The summed E-state index contributed by atoms with van der Waals surface area (Å²) in [5, 5.41) is 9.06.